The minimum Gasteiger partial charge on any atom is -0.345 e. The van der Waals surface area contributed by atoms with Crippen LogP contribution >= 0.6 is 0 Å². The average molecular weight is 487 g/mol. The summed E-state index contributed by atoms with van der Waals surface area (Å²) >= 11 is 0. The largest absolute Gasteiger partial charge is 0.345 e. The molecule has 0 bridgehead atoms. The van der Waals surface area contributed by atoms with Gasteiger partial charge in [-0.2, -0.15) is 0 Å². The third kappa shape index (κ3) is 4.56. The maximum Gasteiger partial charge on any atom is 0.254 e. The van der Waals surface area contributed by atoms with E-state index in [1.165, 1.54) is 18.2 Å². The van der Waals surface area contributed by atoms with Gasteiger partial charge in [0.1, 0.15) is 11.6 Å². The molecule has 9 heteroatoms. The number of aromatic nitrogens is 4. The lowest BCUT2D eigenvalue weighted by atomic mass is 9.99. The lowest BCUT2D eigenvalue weighted by Crippen LogP contribution is -2.34. The van der Waals surface area contributed by atoms with E-state index in [1.807, 2.05) is 42.4 Å². The average Bonchev–Trinajstić information content (AvgIpc) is 3.10. The monoisotopic (exact) mass is 486 g/mol. The van der Waals surface area contributed by atoms with Crippen LogP contribution in [0.15, 0.2) is 42.5 Å². The number of nitrogens with one attached hydrogen (secondary N) is 1. The molecule has 4 aromatic rings. The van der Waals surface area contributed by atoms with E-state index < -0.39 is 5.82 Å². The standard InChI is InChI=1S/C27H27FN6O2/c1-16-11-17(2)25-21(13-18(3)30-22(25)12-16)27(36)33-8-7-23-31-32-24(34(23)10-9-33)15-29-26(35)19-5-4-6-20(28)14-19/h4-6,11-14H,7-10,15H2,1-3H3,(H,29,35). The van der Waals surface area contributed by atoms with Gasteiger partial charge < -0.3 is 14.8 Å². The van der Waals surface area contributed by atoms with E-state index >= 15 is 0 Å². The highest BCUT2D eigenvalue weighted by molar-refractivity contribution is 6.07. The van der Waals surface area contributed by atoms with Crippen molar-refractivity contribution >= 4 is 22.7 Å². The number of carbonyl (C=O) groups excluding carboxylic acids is 2. The summed E-state index contributed by atoms with van der Waals surface area (Å²) in [5, 5.41) is 12.2. The molecule has 2 aromatic heterocycles. The van der Waals surface area contributed by atoms with Crippen molar-refractivity contribution in [1.82, 2.24) is 30.0 Å². The Hall–Kier alpha value is -4.14. The molecule has 0 saturated heterocycles. The molecule has 0 saturated carbocycles. The van der Waals surface area contributed by atoms with Gasteiger partial charge in [-0.25, -0.2) is 4.39 Å². The van der Waals surface area contributed by atoms with Gasteiger partial charge in [-0.1, -0.05) is 12.1 Å². The van der Waals surface area contributed by atoms with E-state index in [0.29, 0.717) is 37.4 Å². The number of hydrogen-bond donors (Lipinski definition) is 1. The minimum absolute atomic E-state index is 0.0304. The molecule has 0 fully saturated rings. The van der Waals surface area contributed by atoms with E-state index in [9.17, 15) is 14.0 Å². The number of amides is 2. The SMILES string of the molecule is Cc1cc(C)c2c(C(=O)N3CCc4nnc(CNC(=O)c5cccc(F)c5)n4CC3)cc(C)nc2c1. The van der Waals surface area contributed by atoms with Gasteiger partial charge >= 0.3 is 0 Å². The summed E-state index contributed by atoms with van der Waals surface area (Å²) in [4.78, 5) is 32.6. The van der Waals surface area contributed by atoms with Gasteiger partial charge in [-0.15, -0.1) is 10.2 Å². The summed E-state index contributed by atoms with van der Waals surface area (Å²) in [6, 6.07) is 11.5. The van der Waals surface area contributed by atoms with Crippen LogP contribution in [0.4, 0.5) is 4.39 Å². The number of nitrogens with zero attached hydrogens (tertiary/aromatic N) is 5. The normalized spacial score (nSPS) is 13.4. The van der Waals surface area contributed by atoms with Gasteiger partial charge in [0.25, 0.3) is 11.8 Å². The van der Waals surface area contributed by atoms with Gasteiger partial charge in [-0.05, 0) is 62.2 Å². The van der Waals surface area contributed by atoms with E-state index in [-0.39, 0.29) is 23.9 Å². The molecule has 36 heavy (non-hydrogen) atoms. The molecule has 1 aliphatic rings. The number of pyridine rings is 1. The fraction of sp³-hybridized carbons (Fsp3) is 0.296. The van der Waals surface area contributed by atoms with Crippen molar-refractivity contribution in [2.24, 2.45) is 0 Å². The van der Waals surface area contributed by atoms with Crippen LogP contribution in [0.3, 0.4) is 0 Å². The summed E-state index contributed by atoms with van der Waals surface area (Å²) in [7, 11) is 0. The first-order valence-corrected chi connectivity index (χ1v) is 11.9. The number of hydrogen-bond acceptors (Lipinski definition) is 5. The second-order valence-electron chi connectivity index (χ2n) is 9.21. The van der Waals surface area contributed by atoms with Crippen LogP contribution in [0.2, 0.25) is 0 Å². The molecular weight excluding hydrogens is 459 g/mol. The maximum absolute atomic E-state index is 13.7. The van der Waals surface area contributed by atoms with Crippen molar-refractivity contribution in [2.75, 3.05) is 13.1 Å². The van der Waals surface area contributed by atoms with Gasteiger partial charge in [0.05, 0.1) is 17.6 Å². The molecule has 5 rings (SSSR count). The molecule has 1 N–H and O–H groups in total. The molecule has 8 nitrogen and oxygen atoms in total. The van der Waals surface area contributed by atoms with Gasteiger partial charge in [0, 0.05) is 42.7 Å². The van der Waals surface area contributed by atoms with Crippen molar-refractivity contribution in [3.05, 3.63) is 87.9 Å². The van der Waals surface area contributed by atoms with Gasteiger partial charge in [0.15, 0.2) is 5.82 Å². The predicted octanol–water partition coefficient (Wildman–Crippen LogP) is 3.52. The number of fused-ring (bicyclic) bond motifs is 2. The quantitative estimate of drug-likeness (QED) is 0.477. The van der Waals surface area contributed by atoms with Gasteiger partial charge in [-0.3, -0.25) is 14.6 Å². The first-order valence-electron chi connectivity index (χ1n) is 11.9. The number of halogens is 1. The third-order valence-electron chi connectivity index (χ3n) is 6.49. The van der Waals surface area contributed by atoms with E-state index in [2.05, 4.69) is 26.6 Å². The smallest absolute Gasteiger partial charge is 0.254 e. The molecule has 0 unspecified atom stereocenters. The topological polar surface area (TPSA) is 93.0 Å². The number of aryl methyl sites for hydroxylation is 3. The first-order chi connectivity index (χ1) is 17.3. The zero-order chi connectivity index (χ0) is 25.4. The third-order valence-corrected chi connectivity index (χ3v) is 6.49. The Labute approximate surface area is 208 Å². The van der Waals surface area contributed by atoms with Crippen molar-refractivity contribution in [3.8, 4) is 0 Å². The van der Waals surface area contributed by atoms with Crippen LogP contribution in [0.1, 0.15) is 49.2 Å². The fourth-order valence-electron chi connectivity index (χ4n) is 4.83. The lowest BCUT2D eigenvalue weighted by Gasteiger charge is -2.22. The van der Waals surface area contributed by atoms with Gasteiger partial charge in [0.2, 0.25) is 0 Å². The maximum atomic E-state index is 13.7. The Morgan fingerprint density at radius 3 is 2.67 bits per heavy atom. The molecule has 184 valence electrons. The van der Waals surface area contributed by atoms with Crippen LogP contribution in [-0.2, 0) is 19.5 Å². The van der Waals surface area contributed by atoms with Crippen LogP contribution in [-0.4, -0.2) is 49.6 Å². The van der Waals surface area contributed by atoms with Crippen LogP contribution in [0, 0.1) is 26.6 Å². The summed E-state index contributed by atoms with van der Waals surface area (Å²) < 4.78 is 15.4. The highest BCUT2D eigenvalue weighted by Gasteiger charge is 2.25. The number of benzene rings is 2. The van der Waals surface area contributed by atoms with Crippen LogP contribution in [0.5, 0.6) is 0 Å². The zero-order valence-corrected chi connectivity index (χ0v) is 20.5. The highest BCUT2D eigenvalue weighted by atomic mass is 19.1. The molecule has 3 heterocycles. The predicted molar refractivity (Wildman–Crippen MR) is 133 cm³/mol. The summed E-state index contributed by atoms with van der Waals surface area (Å²) in [6.45, 7) is 7.62. The molecule has 0 spiro atoms. The second-order valence-corrected chi connectivity index (χ2v) is 9.21. The van der Waals surface area contributed by atoms with Crippen LogP contribution in [0.25, 0.3) is 10.9 Å². The molecular formula is C27H27FN6O2. The number of rotatable bonds is 4. The summed E-state index contributed by atoms with van der Waals surface area (Å²) in [5.74, 6) is 0.481. The van der Waals surface area contributed by atoms with E-state index in [0.717, 1.165) is 33.5 Å². The molecule has 0 radical (unpaired) electrons. The Balaban J connectivity index is 1.33. The van der Waals surface area contributed by atoms with E-state index in [4.69, 9.17) is 0 Å². The molecule has 2 amide bonds. The molecule has 0 aliphatic carbocycles. The van der Waals surface area contributed by atoms with Crippen molar-refractivity contribution in [2.45, 2.75) is 40.3 Å². The Morgan fingerprint density at radius 2 is 1.86 bits per heavy atom. The summed E-state index contributed by atoms with van der Waals surface area (Å²) in [5.41, 5.74) is 4.69. The molecule has 2 aromatic carbocycles. The van der Waals surface area contributed by atoms with Crippen molar-refractivity contribution in [3.63, 3.8) is 0 Å². The van der Waals surface area contributed by atoms with Crippen molar-refractivity contribution in [1.29, 1.82) is 0 Å². The Morgan fingerprint density at radius 1 is 1.03 bits per heavy atom. The van der Waals surface area contributed by atoms with E-state index in [1.54, 1.807) is 6.07 Å². The Kier molecular flexibility index (Phi) is 6.22. The zero-order valence-electron chi connectivity index (χ0n) is 20.5. The fourth-order valence-corrected chi connectivity index (χ4v) is 4.83. The first kappa shape index (κ1) is 23.6. The molecule has 1 aliphatic heterocycles. The lowest BCUT2D eigenvalue weighted by molar-refractivity contribution is 0.0760. The second kappa shape index (κ2) is 9.49. The van der Waals surface area contributed by atoms with Crippen LogP contribution < -0.4 is 5.32 Å². The minimum atomic E-state index is -0.466. The molecule has 0 atom stereocenters. The van der Waals surface area contributed by atoms with Crippen molar-refractivity contribution < 1.29 is 14.0 Å². The Bertz CT molecular complexity index is 1490. The highest BCUT2D eigenvalue weighted by Crippen LogP contribution is 2.26. The summed E-state index contributed by atoms with van der Waals surface area (Å²) in [6.07, 6.45) is 0.552. The number of carbonyl (C=O) groups is 2.